The molecule has 7 N–H and O–H groups in total. The Bertz CT molecular complexity index is 1420. The highest BCUT2D eigenvalue weighted by Gasteiger charge is 2.23. The molecule has 0 spiro atoms. The zero-order valence-electron chi connectivity index (χ0n) is 21.6. The van der Waals surface area contributed by atoms with Crippen LogP contribution in [0.4, 0.5) is 5.69 Å². The number of carboxylic acids is 1. The minimum Gasteiger partial charge on any atom is -0.508 e. The number of aryl methyl sites for hydroxylation is 2. The van der Waals surface area contributed by atoms with E-state index in [2.05, 4.69) is 10.6 Å². The number of para-hydroxylation sites is 1. The lowest BCUT2D eigenvalue weighted by molar-refractivity contribution is -0.141. The summed E-state index contributed by atoms with van der Waals surface area (Å²) in [6.07, 6.45) is 1.40. The highest BCUT2D eigenvalue weighted by Crippen LogP contribution is 2.34. The number of ether oxygens (including phenoxy) is 2. The van der Waals surface area contributed by atoms with E-state index in [1.165, 1.54) is 12.1 Å². The van der Waals surface area contributed by atoms with E-state index in [1.54, 1.807) is 48.5 Å². The number of nitrogens with two attached hydrogens (primary N) is 1. The average molecular weight is 547 g/mol. The quantitative estimate of drug-likeness (QED) is 0.107. The predicted molar refractivity (Wildman–Crippen MR) is 147 cm³/mol. The summed E-state index contributed by atoms with van der Waals surface area (Å²) in [6, 6.07) is 15.1. The first-order chi connectivity index (χ1) is 19.2. The molecule has 3 aromatic rings. The number of phenols is 1. The molecule has 0 unspecified atom stereocenters. The van der Waals surface area contributed by atoms with E-state index in [0.29, 0.717) is 47.6 Å². The van der Waals surface area contributed by atoms with Crippen molar-refractivity contribution in [3.63, 3.8) is 0 Å². The molecule has 11 heteroatoms. The molecule has 0 radical (unpaired) electrons. The van der Waals surface area contributed by atoms with Gasteiger partial charge in [0.1, 0.15) is 11.8 Å². The molecular weight excluding hydrogens is 516 g/mol. The van der Waals surface area contributed by atoms with Crippen LogP contribution in [-0.2, 0) is 28.9 Å². The lowest BCUT2D eigenvalue weighted by Crippen LogP contribution is -2.42. The number of nitrogens with one attached hydrogen (secondary N) is 3. The third-order valence-corrected chi connectivity index (χ3v) is 6.34. The number of aromatic hydroxyl groups is 1. The summed E-state index contributed by atoms with van der Waals surface area (Å²) in [7, 11) is 0. The number of aliphatic carboxylic acids is 1. The molecule has 1 amide bonds. The largest absolute Gasteiger partial charge is 0.508 e. The van der Waals surface area contributed by atoms with Crippen molar-refractivity contribution >= 4 is 29.5 Å². The van der Waals surface area contributed by atoms with Gasteiger partial charge in [0.2, 0.25) is 5.91 Å². The van der Waals surface area contributed by atoms with Gasteiger partial charge < -0.3 is 36.1 Å². The Labute approximate surface area is 230 Å². The molecule has 1 aliphatic heterocycles. The summed E-state index contributed by atoms with van der Waals surface area (Å²) >= 11 is 0. The summed E-state index contributed by atoms with van der Waals surface area (Å²) < 4.78 is 11.7. The minimum absolute atomic E-state index is 0.0120. The van der Waals surface area contributed by atoms with Crippen LogP contribution in [0.25, 0.3) is 0 Å². The summed E-state index contributed by atoms with van der Waals surface area (Å²) in [5.41, 5.74) is 8.43. The van der Waals surface area contributed by atoms with Gasteiger partial charge in [0.05, 0.1) is 12.2 Å². The third kappa shape index (κ3) is 7.28. The number of carbonyl (C=O) groups excluding carboxylic acids is 2. The van der Waals surface area contributed by atoms with Crippen molar-refractivity contribution in [1.82, 2.24) is 5.32 Å². The minimum atomic E-state index is -1.17. The summed E-state index contributed by atoms with van der Waals surface area (Å²) in [4.78, 5) is 37.5. The summed E-state index contributed by atoms with van der Waals surface area (Å²) in [5.74, 6) is -1.75. The number of amides is 1. The first-order valence-electron chi connectivity index (χ1n) is 12.7. The van der Waals surface area contributed by atoms with Crippen LogP contribution in [0.15, 0.2) is 60.7 Å². The highest BCUT2D eigenvalue weighted by molar-refractivity contribution is 5.95. The number of hydrogen-bond donors (Lipinski definition) is 6. The Kier molecular flexibility index (Phi) is 8.85. The number of carbonyl (C=O) groups is 3. The Balaban J connectivity index is 1.45. The van der Waals surface area contributed by atoms with Crippen molar-refractivity contribution < 1.29 is 34.1 Å². The van der Waals surface area contributed by atoms with E-state index >= 15 is 0 Å². The zero-order chi connectivity index (χ0) is 28.6. The predicted octanol–water partition coefficient (Wildman–Crippen LogP) is 2.99. The molecule has 1 heterocycles. The van der Waals surface area contributed by atoms with Crippen LogP contribution >= 0.6 is 0 Å². The first kappa shape index (κ1) is 28.0. The monoisotopic (exact) mass is 546 g/mol. The zero-order valence-corrected chi connectivity index (χ0v) is 21.6. The molecule has 0 aliphatic carbocycles. The number of benzene rings is 3. The maximum absolute atomic E-state index is 13.1. The number of esters is 1. The fraction of sp³-hybridized carbons (Fsp3) is 0.241. The van der Waals surface area contributed by atoms with Crippen LogP contribution in [0.3, 0.4) is 0 Å². The Morgan fingerprint density at radius 1 is 1.10 bits per heavy atom. The van der Waals surface area contributed by atoms with Gasteiger partial charge >= 0.3 is 11.9 Å². The van der Waals surface area contributed by atoms with E-state index < -0.39 is 23.9 Å². The molecule has 0 aromatic heterocycles. The van der Waals surface area contributed by atoms with E-state index in [9.17, 15) is 24.6 Å². The van der Waals surface area contributed by atoms with Crippen LogP contribution in [0.1, 0.15) is 39.9 Å². The first-order valence-corrected chi connectivity index (χ1v) is 12.7. The lowest BCUT2D eigenvalue weighted by Gasteiger charge is -2.19. The van der Waals surface area contributed by atoms with E-state index in [0.717, 1.165) is 5.56 Å². The fourth-order valence-electron chi connectivity index (χ4n) is 4.41. The van der Waals surface area contributed by atoms with Crippen molar-refractivity contribution in [1.29, 1.82) is 5.41 Å². The van der Waals surface area contributed by atoms with E-state index in [1.807, 2.05) is 0 Å². The van der Waals surface area contributed by atoms with E-state index in [4.69, 9.17) is 20.6 Å². The molecule has 4 rings (SSSR count). The van der Waals surface area contributed by atoms with Gasteiger partial charge in [0.25, 0.3) is 0 Å². The molecule has 3 aromatic carbocycles. The maximum Gasteiger partial charge on any atom is 0.343 e. The molecular formula is C29H30N4O7. The van der Waals surface area contributed by atoms with Crippen molar-refractivity contribution in [3.8, 4) is 17.2 Å². The van der Waals surface area contributed by atoms with Crippen molar-refractivity contribution in [2.75, 3.05) is 11.9 Å². The maximum atomic E-state index is 13.1. The topological polar surface area (TPSA) is 184 Å². The molecule has 1 aliphatic rings. The smallest absolute Gasteiger partial charge is 0.343 e. The van der Waals surface area contributed by atoms with Crippen LogP contribution in [0, 0.1) is 5.41 Å². The Morgan fingerprint density at radius 3 is 2.60 bits per heavy atom. The second-order valence-corrected chi connectivity index (χ2v) is 9.33. The second kappa shape index (κ2) is 12.7. The number of anilines is 1. The van der Waals surface area contributed by atoms with Crippen molar-refractivity contribution in [2.24, 2.45) is 5.73 Å². The van der Waals surface area contributed by atoms with Gasteiger partial charge in [-0.25, -0.2) is 9.59 Å². The number of fused-ring (bicyclic) bond motifs is 2. The van der Waals surface area contributed by atoms with Crippen LogP contribution in [-0.4, -0.2) is 46.7 Å². The Hall–Kier alpha value is -5.06. The molecule has 0 bridgehead atoms. The molecule has 1 atom stereocenters. The lowest BCUT2D eigenvalue weighted by atomic mass is 10.0. The van der Waals surface area contributed by atoms with Gasteiger partial charge in [-0.3, -0.25) is 10.2 Å². The van der Waals surface area contributed by atoms with Gasteiger partial charge in [-0.2, -0.15) is 0 Å². The number of guanidine groups is 1. The van der Waals surface area contributed by atoms with Gasteiger partial charge in [-0.05, 0) is 72.4 Å². The number of phenolic OH excluding ortho intramolecular Hbond substituents is 1. The van der Waals surface area contributed by atoms with Crippen molar-refractivity contribution in [2.45, 2.75) is 38.1 Å². The standard InChI is InChI=1S/C29H30N4O7/c30-29(31)32-20-9-12-22-19(16-20)4-2-14-39-26-18(3-1-5-24(26)40-28(22)38)8-13-25(35)33-23(27(36)37)15-17-6-10-21(34)11-7-17/h1,3,5-7,9-12,16,23,34H,2,4,8,13-15H2,(H,33,35)(H,36,37)(H4,30,31,32)/t23-/m0/s1. The van der Waals surface area contributed by atoms with Gasteiger partial charge in [-0.1, -0.05) is 24.3 Å². The number of hydrogen-bond acceptors (Lipinski definition) is 7. The molecule has 0 saturated carbocycles. The van der Waals surface area contributed by atoms with Gasteiger partial charge in [-0.15, -0.1) is 0 Å². The van der Waals surface area contributed by atoms with Crippen LogP contribution < -0.4 is 25.8 Å². The second-order valence-electron chi connectivity index (χ2n) is 9.33. The average Bonchev–Trinajstić information content (AvgIpc) is 2.91. The van der Waals surface area contributed by atoms with Gasteiger partial charge in [0, 0.05) is 18.5 Å². The number of carboxylic acid groups (broad SMARTS) is 1. The van der Waals surface area contributed by atoms with Crippen LogP contribution in [0.5, 0.6) is 17.2 Å². The molecule has 40 heavy (non-hydrogen) atoms. The third-order valence-electron chi connectivity index (χ3n) is 6.34. The summed E-state index contributed by atoms with van der Waals surface area (Å²) in [5, 5.41) is 31.7. The van der Waals surface area contributed by atoms with Crippen LogP contribution in [0.2, 0.25) is 0 Å². The normalized spacial score (nSPS) is 13.4. The SMILES string of the molecule is N=C(N)Nc1ccc2c(c1)CCCOc1c(CCC(=O)N[C@@H](Cc3ccc(O)cc3)C(=O)O)cccc1OC2=O. The molecule has 0 fully saturated rings. The summed E-state index contributed by atoms with van der Waals surface area (Å²) in [6.45, 7) is 0.325. The Morgan fingerprint density at radius 2 is 1.88 bits per heavy atom. The molecule has 208 valence electrons. The van der Waals surface area contributed by atoms with Crippen molar-refractivity contribution in [3.05, 3.63) is 82.9 Å². The number of rotatable bonds is 8. The van der Waals surface area contributed by atoms with Gasteiger partial charge in [0.15, 0.2) is 17.5 Å². The molecule has 11 nitrogen and oxygen atoms in total. The van der Waals surface area contributed by atoms with E-state index in [-0.39, 0.29) is 36.7 Å². The molecule has 0 saturated heterocycles. The highest BCUT2D eigenvalue weighted by atomic mass is 16.6. The fourth-order valence-corrected chi connectivity index (χ4v) is 4.41.